The van der Waals surface area contributed by atoms with Crippen LogP contribution < -0.4 is 10.6 Å². The van der Waals surface area contributed by atoms with E-state index in [0.29, 0.717) is 43.1 Å². The third kappa shape index (κ3) is 4.30. The fourth-order valence-corrected chi connectivity index (χ4v) is 5.30. The Morgan fingerprint density at radius 1 is 1.15 bits per heavy atom. The highest BCUT2D eigenvalue weighted by Gasteiger charge is 2.51. The first-order valence-electron chi connectivity index (χ1n) is 10.8. The summed E-state index contributed by atoms with van der Waals surface area (Å²) >= 11 is 6.16. The number of hydrogen-bond donors (Lipinski definition) is 1. The summed E-state index contributed by atoms with van der Waals surface area (Å²) in [5, 5.41) is 9.41. The third-order valence-electron chi connectivity index (χ3n) is 6.94. The van der Waals surface area contributed by atoms with Crippen molar-refractivity contribution in [1.29, 1.82) is 5.26 Å². The smallest absolute Gasteiger partial charge is 0.370 e. The summed E-state index contributed by atoms with van der Waals surface area (Å²) in [6.07, 6.45) is -3.71. The van der Waals surface area contributed by atoms with Gasteiger partial charge in [-0.1, -0.05) is 23.7 Å². The zero-order valence-electron chi connectivity index (χ0n) is 18.1. The second kappa shape index (κ2) is 8.84. The van der Waals surface area contributed by atoms with Crippen molar-refractivity contribution < 1.29 is 22.8 Å². The number of piperidine rings is 1. The number of rotatable bonds is 3. The van der Waals surface area contributed by atoms with Crippen molar-refractivity contribution in [3.8, 4) is 6.07 Å². The van der Waals surface area contributed by atoms with Gasteiger partial charge in [0.1, 0.15) is 0 Å². The fraction of sp³-hybridized carbons (Fsp3) is 0.375. The largest absolute Gasteiger partial charge is 0.417 e. The summed E-state index contributed by atoms with van der Waals surface area (Å²) in [7, 11) is 0. The molecule has 1 spiro atoms. The molecule has 178 valence electrons. The summed E-state index contributed by atoms with van der Waals surface area (Å²) in [6.45, 7) is 1.26. The van der Waals surface area contributed by atoms with Crippen LogP contribution in [0.2, 0.25) is 5.02 Å². The predicted octanol–water partition coefficient (Wildman–Crippen LogP) is 4.07. The van der Waals surface area contributed by atoms with Crippen molar-refractivity contribution in [2.75, 3.05) is 31.1 Å². The van der Waals surface area contributed by atoms with Crippen LogP contribution in [0.3, 0.4) is 0 Å². The number of primary amides is 1. The average Bonchev–Trinajstić information content (AvgIpc) is 3.17. The number of amides is 2. The first-order valence-corrected chi connectivity index (χ1v) is 11.1. The van der Waals surface area contributed by atoms with Gasteiger partial charge in [0.05, 0.1) is 33.7 Å². The Morgan fingerprint density at radius 3 is 2.41 bits per heavy atom. The van der Waals surface area contributed by atoms with E-state index in [9.17, 15) is 22.8 Å². The lowest BCUT2D eigenvalue weighted by Crippen LogP contribution is -2.49. The SMILES string of the molecule is N#Cc1ccc(N2CC(C(N)=O)C3(CCN(C(=O)c4ccccc4Cl)CC3)C2)cc1C(F)(F)F. The van der Waals surface area contributed by atoms with E-state index in [1.54, 1.807) is 40.1 Å². The number of carbonyl (C=O) groups excluding carboxylic acids is 2. The average molecular weight is 491 g/mol. The van der Waals surface area contributed by atoms with Crippen LogP contribution in [0.25, 0.3) is 0 Å². The molecule has 0 saturated carbocycles. The summed E-state index contributed by atoms with van der Waals surface area (Å²) in [4.78, 5) is 28.7. The summed E-state index contributed by atoms with van der Waals surface area (Å²) in [5.41, 5.74) is 4.36. The summed E-state index contributed by atoms with van der Waals surface area (Å²) < 4.78 is 40.4. The highest BCUT2D eigenvalue weighted by molar-refractivity contribution is 6.33. The normalized spacial score (nSPS) is 19.8. The van der Waals surface area contributed by atoms with Gasteiger partial charge in [0.15, 0.2) is 0 Å². The molecule has 2 N–H and O–H groups in total. The Kier molecular flexibility index (Phi) is 6.21. The standard InChI is InChI=1S/C24H22ClF3N4O2/c25-20-4-2-1-3-17(20)22(34)31-9-7-23(8-10-31)14-32(13-19(23)21(30)33)16-6-5-15(12-29)18(11-16)24(26,27)28/h1-6,11,19H,7-10,13-14H2,(H2,30,33). The van der Waals surface area contributed by atoms with Crippen molar-refractivity contribution in [3.63, 3.8) is 0 Å². The molecule has 2 aliphatic rings. The molecule has 6 nitrogen and oxygen atoms in total. The van der Waals surface area contributed by atoms with E-state index in [0.717, 1.165) is 12.1 Å². The zero-order chi connectivity index (χ0) is 24.7. The number of nitrogens with two attached hydrogens (primary N) is 1. The van der Waals surface area contributed by atoms with Crippen LogP contribution in [-0.4, -0.2) is 42.9 Å². The van der Waals surface area contributed by atoms with Crippen LogP contribution in [0.5, 0.6) is 0 Å². The van der Waals surface area contributed by atoms with Gasteiger partial charge in [-0.05, 0) is 43.2 Å². The molecule has 0 aliphatic carbocycles. The molecule has 10 heteroatoms. The molecule has 2 aromatic rings. The highest BCUT2D eigenvalue weighted by atomic mass is 35.5. The molecule has 0 radical (unpaired) electrons. The minimum atomic E-state index is -4.67. The van der Waals surface area contributed by atoms with Crippen LogP contribution in [0.1, 0.15) is 34.3 Å². The van der Waals surface area contributed by atoms with Crippen molar-refractivity contribution in [2.24, 2.45) is 17.1 Å². The van der Waals surface area contributed by atoms with Crippen LogP contribution in [0, 0.1) is 22.7 Å². The molecule has 1 unspecified atom stereocenters. The number of likely N-dealkylation sites (tertiary alicyclic amines) is 1. The van der Waals surface area contributed by atoms with Gasteiger partial charge in [-0.15, -0.1) is 0 Å². The number of halogens is 4. The first-order chi connectivity index (χ1) is 16.1. The molecule has 2 aliphatic heterocycles. The zero-order valence-corrected chi connectivity index (χ0v) is 18.9. The number of hydrogen-bond acceptors (Lipinski definition) is 4. The molecule has 2 aromatic carbocycles. The lowest BCUT2D eigenvalue weighted by molar-refractivity contribution is -0.137. The minimum absolute atomic E-state index is 0.178. The summed E-state index contributed by atoms with van der Waals surface area (Å²) in [5.74, 6) is -1.29. The van der Waals surface area contributed by atoms with Crippen LogP contribution in [0.4, 0.5) is 18.9 Å². The Balaban J connectivity index is 1.56. The van der Waals surface area contributed by atoms with E-state index < -0.39 is 34.5 Å². The van der Waals surface area contributed by atoms with Crippen LogP contribution >= 0.6 is 11.6 Å². The van der Waals surface area contributed by atoms with Crippen molar-refractivity contribution >= 4 is 29.1 Å². The Bertz CT molecular complexity index is 1170. The lowest BCUT2D eigenvalue weighted by Gasteiger charge is -2.41. The molecular weight excluding hydrogens is 469 g/mol. The number of alkyl halides is 3. The van der Waals surface area contributed by atoms with Gasteiger partial charge in [0.2, 0.25) is 5.91 Å². The number of anilines is 1. The molecule has 0 bridgehead atoms. The maximum atomic E-state index is 13.5. The number of nitriles is 1. The topological polar surface area (TPSA) is 90.4 Å². The Morgan fingerprint density at radius 2 is 1.82 bits per heavy atom. The number of nitrogens with zero attached hydrogens (tertiary/aromatic N) is 3. The van der Waals surface area contributed by atoms with Crippen molar-refractivity contribution in [2.45, 2.75) is 19.0 Å². The van der Waals surface area contributed by atoms with Crippen LogP contribution in [-0.2, 0) is 11.0 Å². The highest BCUT2D eigenvalue weighted by Crippen LogP contribution is 2.47. The molecule has 1 atom stereocenters. The molecule has 4 rings (SSSR count). The van der Waals surface area contributed by atoms with Gasteiger partial charge in [-0.25, -0.2) is 0 Å². The van der Waals surface area contributed by atoms with Crippen molar-refractivity contribution in [1.82, 2.24) is 4.90 Å². The maximum absolute atomic E-state index is 13.5. The molecular formula is C24H22ClF3N4O2. The van der Waals surface area contributed by atoms with Gasteiger partial charge >= 0.3 is 6.18 Å². The fourth-order valence-electron chi connectivity index (χ4n) is 5.09. The summed E-state index contributed by atoms with van der Waals surface area (Å²) in [6, 6.07) is 11.9. The first kappa shape index (κ1) is 23.9. The van der Waals surface area contributed by atoms with E-state index in [2.05, 4.69) is 0 Å². The van der Waals surface area contributed by atoms with Gasteiger partial charge < -0.3 is 15.5 Å². The quantitative estimate of drug-likeness (QED) is 0.702. The molecule has 2 fully saturated rings. The van der Waals surface area contributed by atoms with Gasteiger partial charge in [0.25, 0.3) is 5.91 Å². The molecule has 2 heterocycles. The molecule has 2 saturated heterocycles. The number of benzene rings is 2. The minimum Gasteiger partial charge on any atom is -0.370 e. The monoisotopic (exact) mass is 490 g/mol. The Hall–Kier alpha value is -3.25. The van der Waals surface area contributed by atoms with E-state index in [1.807, 2.05) is 0 Å². The molecule has 34 heavy (non-hydrogen) atoms. The van der Waals surface area contributed by atoms with Gasteiger partial charge in [0, 0.05) is 37.3 Å². The molecule has 2 amide bonds. The number of carbonyl (C=O) groups is 2. The maximum Gasteiger partial charge on any atom is 0.417 e. The second-order valence-electron chi connectivity index (χ2n) is 8.81. The predicted molar refractivity (Wildman–Crippen MR) is 120 cm³/mol. The molecule has 0 aromatic heterocycles. The lowest BCUT2D eigenvalue weighted by atomic mass is 9.70. The van der Waals surface area contributed by atoms with E-state index in [4.69, 9.17) is 22.6 Å². The van der Waals surface area contributed by atoms with Crippen LogP contribution in [0.15, 0.2) is 42.5 Å². The Labute approximate surface area is 199 Å². The third-order valence-corrected chi connectivity index (χ3v) is 7.27. The second-order valence-corrected chi connectivity index (χ2v) is 9.22. The van der Waals surface area contributed by atoms with E-state index >= 15 is 0 Å². The van der Waals surface area contributed by atoms with Crippen molar-refractivity contribution in [3.05, 3.63) is 64.2 Å². The van der Waals surface area contributed by atoms with Gasteiger partial charge in [-0.2, -0.15) is 18.4 Å². The van der Waals surface area contributed by atoms with E-state index in [1.165, 1.54) is 6.07 Å². The van der Waals surface area contributed by atoms with Gasteiger partial charge in [-0.3, -0.25) is 9.59 Å². The van der Waals surface area contributed by atoms with E-state index in [-0.39, 0.29) is 18.1 Å².